The van der Waals surface area contributed by atoms with E-state index in [1.54, 1.807) is 0 Å². The lowest BCUT2D eigenvalue weighted by Crippen LogP contribution is -2.31. The van der Waals surface area contributed by atoms with E-state index in [0.717, 1.165) is 19.8 Å². The molecule has 1 aliphatic heterocycles. The minimum absolute atomic E-state index is 0. The number of ether oxygens (including phenoxy) is 1. The largest absolute Gasteiger partial charge is 0.381 e. The van der Waals surface area contributed by atoms with E-state index < -0.39 is 0 Å². The predicted molar refractivity (Wildman–Crippen MR) is 54.0 cm³/mol. The van der Waals surface area contributed by atoms with Gasteiger partial charge in [0, 0.05) is 6.61 Å². The van der Waals surface area contributed by atoms with Gasteiger partial charge >= 0.3 is 0 Å². The van der Waals surface area contributed by atoms with Gasteiger partial charge < -0.3 is 10.1 Å². The fourth-order valence-electron chi connectivity index (χ4n) is 1.62. The van der Waals surface area contributed by atoms with Crippen LogP contribution in [0.15, 0.2) is 0 Å². The van der Waals surface area contributed by atoms with E-state index in [-0.39, 0.29) is 12.4 Å². The van der Waals surface area contributed by atoms with Gasteiger partial charge in [-0.2, -0.15) is 0 Å². The molecule has 1 saturated heterocycles. The molecule has 0 amide bonds. The molecular weight excluding hydrogens is 174 g/mol. The van der Waals surface area contributed by atoms with Gasteiger partial charge in [0.15, 0.2) is 0 Å². The highest BCUT2D eigenvalue weighted by Gasteiger charge is 2.26. The molecule has 0 aromatic heterocycles. The maximum atomic E-state index is 5.45. The van der Waals surface area contributed by atoms with Crippen molar-refractivity contribution in [2.24, 2.45) is 5.41 Å². The van der Waals surface area contributed by atoms with Crippen LogP contribution in [0.4, 0.5) is 0 Å². The molecule has 1 aliphatic rings. The monoisotopic (exact) mass is 193 g/mol. The SMILES string of the molecule is CNCC[C@@]1(C)CCCOC1.Cl. The minimum Gasteiger partial charge on any atom is -0.381 e. The summed E-state index contributed by atoms with van der Waals surface area (Å²) >= 11 is 0. The molecule has 2 nitrogen and oxygen atoms in total. The fraction of sp³-hybridized carbons (Fsp3) is 1.00. The summed E-state index contributed by atoms with van der Waals surface area (Å²) in [4.78, 5) is 0. The first kappa shape index (κ1) is 12.2. The molecule has 0 radical (unpaired) electrons. The summed E-state index contributed by atoms with van der Waals surface area (Å²) in [5, 5.41) is 3.18. The minimum atomic E-state index is 0. The van der Waals surface area contributed by atoms with Crippen molar-refractivity contribution in [1.29, 1.82) is 0 Å². The Morgan fingerprint density at radius 2 is 2.25 bits per heavy atom. The molecule has 0 aliphatic carbocycles. The standard InChI is InChI=1S/C9H19NO.ClH/c1-9(5-6-10-2)4-3-7-11-8-9;/h10H,3-8H2,1-2H3;1H/t9-;/m1./s1. The number of hydrogen-bond donors (Lipinski definition) is 1. The van der Waals surface area contributed by atoms with Gasteiger partial charge in [0.25, 0.3) is 0 Å². The molecule has 1 heterocycles. The lowest BCUT2D eigenvalue weighted by Gasteiger charge is -2.33. The van der Waals surface area contributed by atoms with Gasteiger partial charge in [-0.25, -0.2) is 0 Å². The second kappa shape index (κ2) is 5.79. The molecule has 0 spiro atoms. The highest BCUT2D eigenvalue weighted by Crippen LogP contribution is 2.30. The molecule has 0 aromatic rings. The normalized spacial score (nSPS) is 29.5. The van der Waals surface area contributed by atoms with Crippen LogP contribution in [0, 0.1) is 5.41 Å². The Labute approximate surface area is 81.5 Å². The third-order valence-electron chi connectivity index (χ3n) is 2.50. The van der Waals surface area contributed by atoms with Crippen LogP contribution in [0.2, 0.25) is 0 Å². The van der Waals surface area contributed by atoms with Crippen molar-refractivity contribution < 1.29 is 4.74 Å². The lowest BCUT2D eigenvalue weighted by atomic mass is 9.82. The first-order valence-electron chi connectivity index (χ1n) is 4.49. The predicted octanol–water partition coefficient (Wildman–Crippen LogP) is 1.83. The van der Waals surface area contributed by atoms with Gasteiger partial charge in [0.05, 0.1) is 6.61 Å². The summed E-state index contributed by atoms with van der Waals surface area (Å²) in [6, 6.07) is 0. The van der Waals surface area contributed by atoms with Crippen LogP contribution < -0.4 is 5.32 Å². The zero-order valence-corrected chi connectivity index (χ0v) is 8.88. The van der Waals surface area contributed by atoms with Crippen LogP contribution in [0.3, 0.4) is 0 Å². The lowest BCUT2D eigenvalue weighted by molar-refractivity contribution is -0.00144. The molecule has 0 saturated carbocycles. The van der Waals surface area contributed by atoms with Crippen molar-refractivity contribution in [3.05, 3.63) is 0 Å². The second-order valence-electron chi connectivity index (χ2n) is 3.82. The zero-order chi connectivity index (χ0) is 8.16. The maximum absolute atomic E-state index is 5.45. The van der Waals surface area contributed by atoms with Gasteiger partial charge in [0.2, 0.25) is 0 Å². The molecule has 1 rings (SSSR count). The molecule has 74 valence electrons. The molecule has 0 aromatic carbocycles. The maximum Gasteiger partial charge on any atom is 0.0520 e. The summed E-state index contributed by atoms with van der Waals surface area (Å²) in [6.07, 6.45) is 3.80. The van der Waals surface area contributed by atoms with E-state index in [1.165, 1.54) is 19.3 Å². The van der Waals surface area contributed by atoms with Crippen molar-refractivity contribution in [2.45, 2.75) is 26.2 Å². The number of halogens is 1. The van der Waals surface area contributed by atoms with Gasteiger partial charge in [-0.3, -0.25) is 0 Å². The molecule has 0 bridgehead atoms. The Hall–Kier alpha value is 0.210. The van der Waals surface area contributed by atoms with E-state index in [1.807, 2.05) is 7.05 Å². The average molecular weight is 194 g/mol. The summed E-state index contributed by atoms with van der Waals surface area (Å²) in [6.45, 7) is 5.35. The molecule has 1 N–H and O–H groups in total. The van der Waals surface area contributed by atoms with Crippen LogP contribution in [-0.4, -0.2) is 26.8 Å². The third kappa shape index (κ3) is 3.74. The summed E-state index contributed by atoms with van der Waals surface area (Å²) < 4.78 is 5.45. The van der Waals surface area contributed by atoms with E-state index >= 15 is 0 Å². The fourth-order valence-corrected chi connectivity index (χ4v) is 1.62. The van der Waals surface area contributed by atoms with E-state index in [4.69, 9.17) is 4.74 Å². The van der Waals surface area contributed by atoms with E-state index in [0.29, 0.717) is 5.41 Å². The second-order valence-corrected chi connectivity index (χ2v) is 3.82. The van der Waals surface area contributed by atoms with E-state index in [9.17, 15) is 0 Å². The zero-order valence-electron chi connectivity index (χ0n) is 8.06. The Morgan fingerprint density at radius 1 is 1.50 bits per heavy atom. The van der Waals surface area contributed by atoms with Crippen molar-refractivity contribution in [1.82, 2.24) is 5.32 Å². The quantitative estimate of drug-likeness (QED) is 0.739. The molecule has 0 unspecified atom stereocenters. The van der Waals surface area contributed by atoms with Crippen LogP contribution in [0.5, 0.6) is 0 Å². The summed E-state index contributed by atoms with van der Waals surface area (Å²) in [7, 11) is 2.01. The molecule has 12 heavy (non-hydrogen) atoms. The highest BCUT2D eigenvalue weighted by molar-refractivity contribution is 5.85. The topological polar surface area (TPSA) is 21.3 Å². The third-order valence-corrected chi connectivity index (χ3v) is 2.50. The van der Waals surface area contributed by atoms with Crippen LogP contribution in [0.1, 0.15) is 26.2 Å². The van der Waals surface area contributed by atoms with Crippen molar-refractivity contribution >= 4 is 12.4 Å². The summed E-state index contributed by atoms with van der Waals surface area (Å²) in [5.41, 5.74) is 0.446. The Bertz CT molecular complexity index is 113. The van der Waals surface area contributed by atoms with Crippen LogP contribution in [0.25, 0.3) is 0 Å². The summed E-state index contributed by atoms with van der Waals surface area (Å²) in [5.74, 6) is 0. The number of hydrogen-bond acceptors (Lipinski definition) is 2. The van der Waals surface area contributed by atoms with Crippen molar-refractivity contribution in [3.8, 4) is 0 Å². The molecule has 3 heteroatoms. The Balaban J connectivity index is 0.00000121. The van der Waals surface area contributed by atoms with Crippen molar-refractivity contribution in [3.63, 3.8) is 0 Å². The van der Waals surface area contributed by atoms with Gasteiger partial charge in [-0.1, -0.05) is 6.92 Å². The van der Waals surface area contributed by atoms with Crippen LogP contribution >= 0.6 is 12.4 Å². The van der Waals surface area contributed by atoms with Crippen molar-refractivity contribution in [2.75, 3.05) is 26.8 Å². The average Bonchev–Trinajstić information content (AvgIpc) is 2.03. The first-order valence-corrected chi connectivity index (χ1v) is 4.49. The molecular formula is C9H20ClNO. The number of nitrogens with one attached hydrogen (secondary N) is 1. The Morgan fingerprint density at radius 3 is 2.75 bits per heavy atom. The Kier molecular flexibility index (Phi) is 5.89. The smallest absolute Gasteiger partial charge is 0.0520 e. The molecule has 1 atom stereocenters. The van der Waals surface area contributed by atoms with Gasteiger partial charge in [-0.05, 0) is 38.3 Å². The van der Waals surface area contributed by atoms with Gasteiger partial charge in [-0.15, -0.1) is 12.4 Å². The van der Waals surface area contributed by atoms with Gasteiger partial charge in [0.1, 0.15) is 0 Å². The highest BCUT2D eigenvalue weighted by atomic mass is 35.5. The van der Waals surface area contributed by atoms with Crippen LogP contribution in [-0.2, 0) is 4.74 Å². The first-order chi connectivity index (χ1) is 5.27. The molecule has 1 fully saturated rings. The van der Waals surface area contributed by atoms with E-state index in [2.05, 4.69) is 12.2 Å². The number of rotatable bonds is 3.